The van der Waals surface area contributed by atoms with Crippen LogP contribution in [0.15, 0.2) is 36.4 Å². The predicted molar refractivity (Wildman–Crippen MR) is 78.6 cm³/mol. The van der Waals surface area contributed by atoms with Crippen LogP contribution < -0.4 is 5.32 Å². The molecule has 2 rings (SSSR count). The van der Waals surface area contributed by atoms with Gasteiger partial charge < -0.3 is 5.32 Å². The molecule has 0 radical (unpaired) electrons. The highest BCUT2D eigenvalue weighted by Gasteiger charge is 2.26. The molecular weight excluding hydrogens is 220 g/mol. The number of likely N-dealkylation sites (N-methyl/N-ethyl adjacent to an activating group) is 1. The topological polar surface area (TPSA) is 15.3 Å². The Hall–Kier alpha value is -1.12. The minimum Gasteiger partial charge on any atom is -0.312 e. The number of nitrogens with one attached hydrogen (secondary N) is 1. The summed E-state index contributed by atoms with van der Waals surface area (Å²) >= 11 is 0. The highest BCUT2D eigenvalue weighted by molar-refractivity contribution is 5.48. The highest BCUT2D eigenvalue weighted by Crippen LogP contribution is 2.25. The average molecular weight is 244 g/mol. The summed E-state index contributed by atoms with van der Waals surface area (Å²) in [5, 5.41) is 3.47. The van der Waals surface area contributed by atoms with Crippen molar-refractivity contribution in [1.82, 2.24) is 10.2 Å². The number of rotatable bonds is 8. The molecule has 0 atom stereocenters. The van der Waals surface area contributed by atoms with Crippen molar-refractivity contribution in [1.29, 1.82) is 0 Å². The van der Waals surface area contributed by atoms with E-state index in [0.717, 1.165) is 19.1 Å². The van der Waals surface area contributed by atoms with E-state index in [9.17, 15) is 0 Å². The normalized spacial score (nSPS) is 15.7. The van der Waals surface area contributed by atoms with Crippen molar-refractivity contribution in [2.45, 2.75) is 25.8 Å². The lowest BCUT2D eigenvalue weighted by Crippen LogP contribution is -2.33. The van der Waals surface area contributed by atoms with Gasteiger partial charge >= 0.3 is 0 Å². The standard InChI is InChI=1S/C16H24N2/c1-2-18(16-10-11-16)14-13-17-12-6-9-15-7-4-3-5-8-15/h3-9,16-17H,2,10-14H2,1H3/b9-6+. The molecule has 1 aliphatic carbocycles. The van der Waals surface area contributed by atoms with Crippen LogP contribution in [0.25, 0.3) is 6.08 Å². The molecule has 2 heteroatoms. The van der Waals surface area contributed by atoms with E-state index in [4.69, 9.17) is 0 Å². The third-order valence-corrected chi connectivity index (χ3v) is 3.42. The molecule has 1 aromatic carbocycles. The van der Waals surface area contributed by atoms with Gasteiger partial charge in [0.1, 0.15) is 0 Å². The average Bonchev–Trinajstić information content (AvgIpc) is 3.24. The minimum absolute atomic E-state index is 0.886. The molecule has 0 amide bonds. The van der Waals surface area contributed by atoms with Gasteiger partial charge in [0, 0.05) is 25.7 Å². The summed E-state index contributed by atoms with van der Waals surface area (Å²) in [5.41, 5.74) is 1.27. The van der Waals surface area contributed by atoms with Crippen molar-refractivity contribution in [3.63, 3.8) is 0 Å². The molecule has 0 aromatic heterocycles. The Kier molecular flexibility index (Phi) is 5.43. The summed E-state index contributed by atoms with van der Waals surface area (Å²) in [7, 11) is 0. The first-order valence-electron chi connectivity index (χ1n) is 7.06. The first-order chi connectivity index (χ1) is 8.90. The van der Waals surface area contributed by atoms with Gasteiger partial charge in [-0.25, -0.2) is 0 Å². The van der Waals surface area contributed by atoms with Crippen molar-refractivity contribution < 1.29 is 0 Å². The number of hydrogen-bond acceptors (Lipinski definition) is 2. The maximum Gasteiger partial charge on any atom is 0.0138 e. The third kappa shape index (κ3) is 4.63. The molecule has 0 aliphatic heterocycles. The van der Waals surface area contributed by atoms with Crippen LogP contribution in [0.4, 0.5) is 0 Å². The van der Waals surface area contributed by atoms with E-state index in [0.29, 0.717) is 0 Å². The van der Waals surface area contributed by atoms with Crippen LogP contribution in [0.1, 0.15) is 25.3 Å². The lowest BCUT2D eigenvalue weighted by atomic mass is 10.2. The molecular formula is C16H24N2. The smallest absolute Gasteiger partial charge is 0.0138 e. The fraction of sp³-hybridized carbons (Fsp3) is 0.500. The van der Waals surface area contributed by atoms with Crippen molar-refractivity contribution in [2.75, 3.05) is 26.2 Å². The molecule has 0 bridgehead atoms. The quantitative estimate of drug-likeness (QED) is 0.707. The maximum atomic E-state index is 3.47. The third-order valence-electron chi connectivity index (χ3n) is 3.42. The van der Waals surface area contributed by atoms with Crippen LogP contribution >= 0.6 is 0 Å². The lowest BCUT2D eigenvalue weighted by molar-refractivity contribution is 0.278. The van der Waals surface area contributed by atoms with Crippen molar-refractivity contribution in [2.24, 2.45) is 0 Å². The van der Waals surface area contributed by atoms with Gasteiger partial charge in [-0.2, -0.15) is 0 Å². The van der Waals surface area contributed by atoms with Crippen molar-refractivity contribution in [3.8, 4) is 0 Å². The Labute approximate surface area is 111 Å². The zero-order valence-corrected chi connectivity index (χ0v) is 11.3. The van der Waals surface area contributed by atoms with Crippen LogP contribution in [-0.4, -0.2) is 37.1 Å². The summed E-state index contributed by atoms with van der Waals surface area (Å²) in [4.78, 5) is 2.58. The van der Waals surface area contributed by atoms with Crippen LogP contribution in [0.5, 0.6) is 0 Å². The molecule has 1 N–H and O–H groups in total. The monoisotopic (exact) mass is 244 g/mol. The highest BCUT2D eigenvalue weighted by atomic mass is 15.2. The van der Waals surface area contributed by atoms with E-state index in [1.165, 1.54) is 31.5 Å². The van der Waals surface area contributed by atoms with Crippen LogP contribution in [0.2, 0.25) is 0 Å². The van der Waals surface area contributed by atoms with Gasteiger partial charge in [-0.3, -0.25) is 4.90 Å². The van der Waals surface area contributed by atoms with E-state index in [1.807, 2.05) is 6.07 Å². The van der Waals surface area contributed by atoms with Crippen molar-refractivity contribution in [3.05, 3.63) is 42.0 Å². The summed E-state index contributed by atoms with van der Waals surface area (Å²) < 4.78 is 0. The van der Waals surface area contributed by atoms with E-state index in [1.54, 1.807) is 0 Å². The van der Waals surface area contributed by atoms with Crippen LogP contribution in [0.3, 0.4) is 0 Å². The Bertz CT molecular complexity index is 355. The summed E-state index contributed by atoms with van der Waals surface area (Å²) in [6.45, 7) is 6.67. The van der Waals surface area contributed by atoms with E-state index in [2.05, 4.69) is 53.6 Å². The molecule has 0 saturated heterocycles. The second kappa shape index (κ2) is 7.34. The summed E-state index contributed by atoms with van der Waals surface area (Å²) in [6.07, 6.45) is 7.18. The Morgan fingerprint density at radius 1 is 1.28 bits per heavy atom. The molecule has 1 aromatic rings. The fourth-order valence-electron chi connectivity index (χ4n) is 2.21. The first-order valence-corrected chi connectivity index (χ1v) is 7.06. The second-order valence-corrected chi connectivity index (χ2v) is 4.88. The number of hydrogen-bond donors (Lipinski definition) is 1. The molecule has 18 heavy (non-hydrogen) atoms. The Balaban J connectivity index is 1.57. The predicted octanol–water partition coefficient (Wildman–Crippen LogP) is 2.77. The van der Waals surface area contributed by atoms with E-state index in [-0.39, 0.29) is 0 Å². The van der Waals surface area contributed by atoms with Gasteiger partial charge in [-0.05, 0) is 24.9 Å². The largest absolute Gasteiger partial charge is 0.312 e. The second-order valence-electron chi connectivity index (χ2n) is 4.88. The van der Waals surface area contributed by atoms with Crippen molar-refractivity contribution >= 4 is 6.08 Å². The lowest BCUT2D eigenvalue weighted by Gasteiger charge is -2.19. The van der Waals surface area contributed by atoms with Gasteiger partial charge in [0.2, 0.25) is 0 Å². The van der Waals surface area contributed by atoms with E-state index >= 15 is 0 Å². The van der Waals surface area contributed by atoms with Gasteiger partial charge in [-0.15, -0.1) is 0 Å². The fourth-order valence-corrected chi connectivity index (χ4v) is 2.21. The minimum atomic E-state index is 0.886. The molecule has 1 aliphatic rings. The van der Waals surface area contributed by atoms with Gasteiger partial charge in [0.05, 0.1) is 0 Å². The molecule has 0 heterocycles. The zero-order chi connectivity index (χ0) is 12.6. The van der Waals surface area contributed by atoms with Gasteiger partial charge in [0.25, 0.3) is 0 Å². The van der Waals surface area contributed by atoms with E-state index < -0.39 is 0 Å². The van der Waals surface area contributed by atoms with Gasteiger partial charge in [0.15, 0.2) is 0 Å². The summed E-state index contributed by atoms with van der Waals surface area (Å²) in [5.74, 6) is 0. The van der Waals surface area contributed by atoms with Gasteiger partial charge in [-0.1, -0.05) is 49.4 Å². The molecule has 1 saturated carbocycles. The SMILES string of the molecule is CCN(CCNC/C=C/c1ccccc1)C1CC1. The Morgan fingerprint density at radius 3 is 2.72 bits per heavy atom. The molecule has 1 fully saturated rings. The first kappa shape index (κ1) is 13.3. The van der Waals surface area contributed by atoms with Crippen LogP contribution in [0, 0.1) is 0 Å². The Morgan fingerprint density at radius 2 is 2.06 bits per heavy atom. The zero-order valence-electron chi connectivity index (χ0n) is 11.3. The molecule has 2 nitrogen and oxygen atoms in total. The summed E-state index contributed by atoms with van der Waals surface area (Å²) in [6, 6.07) is 11.3. The number of benzene rings is 1. The molecule has 98 valence electrons. The maximum absolute atomic E-state index is 3.47. The van der Waals surface area contributed by atoms with Crippen LogP contribution in [-0.2, 0) is 0 Å². The molecule has 0 unspecified atom stereocenters. The number of nitrogens with zero attached hydrogens (tertiary/aromatic N) is 1. The molecule has 0 spiro atoms.